The molecule has 130 valence electrons. The van der Waals surface area contributed by atoms with E-state index in [1.165, 1.54) is 6.26 Å². The van der Waals surface area contributed by atoms with E-state index in [2.05, 4.69) is 22.9 Å². The molecule has 3 atom stereocenters. The molecule has 0 aliphatic carbocycles. The van der Waals surface area contributed by atoms with Gasteiger partial charge in [0.2, 0.25) is 5.91 Å². The third-order valence-corrected chi connectivity index (χ3v) is 3.95. The minimum absolute atomic E-state index is 0. The first-order valence-corrected chi connectivity index (χ1v) is 7.85. The van der Waals surface area contributed by atoms with Crippen LogP contribution >= 0.6 is 12.4 Å². The van der Waals surface area contributed by atoms with Crippen molar-refractivity contribution >= 4 is 24.2 Å². The SMILES string of the molecule is CC1CC(NC(=O)C(NC(=O)c2ccco2)C(C)C)CCN1.Cl. The number of halogens is 1. The van der Waals surface area contributed by atoms with Gasteiger partial charge in [-0.1, -0.05) is 13.8 Å². The maximum Gasteiger partial charge on any atom is 0.287 e. The molecule has 3 N–H and O–H groups in total. The molecule has 7 heteroatoms. The lowest BCUT2D eigenvalue weighted by Crippen LogP contribution is -2.54. The molecule has 0 bridgehead atoms. The molecular weight excluding hydrogens is 318 g/mol. The number of carbonyl (C=O) groups is 2. The Morgan fingerprint density at radius 3 is 2.70 bits per heavy atom. The standard InChI is InChI=1S/C16H25N3O3.ClH/c1-10(2)14(19-15(20)13-5-4-8-22-13)16(21)18-12-6-7-17-11(3)9-12;/h4-5,8,10-12,14,17H,6-7,9H2,1-3H3,(H,18,21)(H,19,20);1H. The average molecular weight is 344 g/mol. The maximum absolute atomic E-state index is 12.5. The zero-order valence-electron chi connectivity index (χ0n) is 13.8. The van der Waals surface area contributed by atoms with E-state index in [0.717, 1.165) is 19.4 Å². The van der Waals surface area contributed by atoms with Gasteiger partial charge < -0.3 is 20.4 Å². The number of piperidine rings is 1. The maximum atomic E-state index is 12.5. The minimum Gasteiger partial charge on any atom is -0.459 e. The Balaban J connectivity index is 0.00000264. The third kappa shape index (κ3) is 5.55. The molecule has 0 radical (unpaired) electrons. The highest BCUT2D eigenvalue weighted by Crippen LogP contribution is 2.11. The first-order valence-electron chi connectivity index (χ1n) is 7.85. The molecule has 3 unspecified atom stereocenters. The smallest absolute Gasteiger partial charge is 0.287 e. The van der Waals surface area contributed by atoms with Crippen molar-refractivity contribution in [1.29, 1.82) is 0 Å². The van der Waals surface area contributed by atoms with Gasteiger partial charge in [0.05, 0.1) is 6.26 Å². The predicted molar refractivity (Wildman–Crippen MR) is 90.7 cm³/mol. The second kappa shape index (κ2) is 8.93. The van der Waals surface area contributed by atoms with E-state index in [1.807, 2.05) is 13.8 Å². The molecule has 1 aromatic rings. The minimum atomic E-state index is -0.567. The summed E-state index contributed by atoms with van der Waals surface area (Å²) in [6.45, 7) is 6.84. The lowest BCUT2D eigenvalue weighted by Gasteiger charge is -2.31. The fraction of sp³-hybridized carbons (Fsp3) is 0.625. The van der Waals surface area contributed by atoms with E-state index in [0.29, 0.717) is 6.04 Å². The van der Waals surface area contributed by atoms with Gasteiger partial charge in [-0.2, -0.15) is 0 Å². The molecular formula is C16H26ClN3O3. The van der Waals surface area contributed by atoms with Crippen molar-refractivity contribution in [3.8, 4) is 0 Å². The fourth-order valence-electron chi connectivity index (χ4n) is 2.71. The molecule has 2 heterocycles. The number of hydrogen-bond donors (Lipinski definition) is 3. The Labute approximate surface area is 143 Å². The van der Waals surface area contributed by atoms with E-state index in [4.69, 9.17) is 4.42 Å². The molecule has 1 aromatic heterocycles. The van der Waals surface area contributed by atoms with Crippen LogP contribution in [0.5, 0.6) is 0 Å². The average Bonchev–Trinajstić information content (AvgIpc) is 2.98. The first-order chi connectivity index (χ1) is 10.5. The summed E-state index contributed by atoms with van der Waals surface area (Å²) in [5, 5.41) is 9.17. The van der Waals surface area contributed by atoms with E-state index in [9.17, 15) is 9.59 Å². The van der Waals surface area contributed by atoms with Gasteiger partial charge in [0.1, 0.15) is 6.04 Å². The van der Waals surface area contributed by atoms with Crippen LogP contribution in [-0.2, 0) is 4.79 Å². The van der Waals surface area contributed by atoms with Gasteiger partial charge in [0, 0.05) is 12.1 Å². The van der Waals surface area contributed by atoms with Crippen molar-refractivity contribution in [1.82, 2.24) is 16.0 Å². The number of nitrogens with one attached hydrogen (secondary N) is 3. The molecule has 23 heavy (non-hydrogen) atoms. The number of furan rings is 1. The van der Waals surface area contributed by atoms with Gasteiger partial charge in [0.25, 0.3) is 5.91 Å². The highest BCUT2D eigenvalue weighted by molar-refractivity contribution is 5.95. The zero-order valence-corrected chi connectivity index (χ0v) is 14.6. The molecule has 0 saturated carbocycles. The Morgan fingerprint density at radius 2 is 2.13 bits per heavy atom. The van der Waals surface area contributed by atoms with Gasteiger partial charge in [-0.05, 0) is 44.4 Å². The second-order valence-corrected chi connectivity index (χ2v) is 6.26. The predicted octanol–water partition coefficient (Wildman–Crippen LogP) is 1.71. The van der Waals surface area contributed by atoms with Crippen LogP contribution in [0.25, 0.3) is 0 Å². The van der Waals surface area contributed by atoms with Crippen LogP contribution in [-0.4, -0.2) is 36.5 Å². The Bertz CT molecular complexity index is 505. The number of rotatable bonds is 5. The summed E-state index contributed by atoms with van der Waals surface area (Å²) < 4.78 is 5.07. The van der Waals surface area contributed by atoms with Crippen LogP contribution in [0.3, 0.4) is 0 Å². The van der Waals surface area contributed by atoms with E-state index in [1.54, 1.807) is 12.1 Å². The van der Waals surface area contributed by atoms with Crippen LogP contribution in [0.2, 0.25) is 0 Å². The summed E-state index contributed by atoms with van der Waals surface area (Å²) in [4.78, 5) is 24.6. The lowest BCUT2D eigenvalue weighted by atomic mass is 9.98. The summed E-state index contributed by atoms with van der Waals surface area (Å²) in [6, 6.07) is 3.22. The first kappa shape index (κ1) is 19.5. The Morgan fingerprint density at radius 1 is 1.39 bits per heavy atom. The van der Waals surface area contributed by atoms with Crippen LogP contribution < -0.4 is 16.0 Å². The molecule has 2 amide bonds. The zero-order chi connectivity index (χ0) is 16.1. The van der Waals surface area contributed by atoms with Crippen molar-refractivity contribution in [2.45, 2.75) is 51.7 Å². The summed E-state index contributed by atoms with van der Waals surface area (Å²) in [5.74, 6) is -0.279. The normalized spacial score (nSPS) is 22.1. The van der Waals surface area contributed by atoms with Crippen LogP contribution in [0, 0.1) is 5.92 Å². The summed E-state index contributed by atoms with van der Waals surface area (Å²) in [6.07, 6.45) is 3.26. The third-order valence-electron chi connectivity index (χ3n) is 3.95. The summed E-state index contributed by atoms with van der Waals surface area (Å²) >= 11 is 0. The quantitative estimate of drug-likeness (QED) is 0.760. The molecule has 1 aliphatic heterocycles. The van der Waals surface area contributed by atoms with Crippen LogP contribution in [0.1, 0.15) is 44.2 Å². The van der Waals surface area contributed by atoms with Crippen LogP contribution in [0.15, 0.2) is 22.8 Å². The molecule has 1 fully saturated rings. The highest BCUT2D eigenvalue weighted by atomic mass is 35.5. The lowest BCUT2D eigenvalue weighted by molar-refractivity contribution is -0.124. The monoisotopic (exact) mass is 343 g/mol. The summed E-state index contributed by atoms with van der Waals surface area (Å²) in [5.41, 5.74) is 0. The van der Waals surface area contributed by atoms with E-state index < -0.39 is 6.04 Å². The molecule has 1 aliphatic rings. The topological polar surface area (TPSA) is 83.4 Å². The van der Waals surface area contributed by atoms with Gasteiger partial charge in [-0.25, -0.2) is 0 Å². The fourth-order valence-corrected chi connectivity index (χ4v) is 2.71. The van der Waals surface area contributed by atoms with Crippen molar-refractivity contribution in [2.24, 2.45) is 5.92 Å². The molecule has 2 rings (SSSR count). The second-order valence-electron chi connectivity index (χ2n) is 6.26. The Kier molecular flexibility index (Phi) is 7.58. The van der Waals surface area contributed by atoms with E-state index >= 15 is 0 Å². The van der Waals surface area contributed by atoms with Gasteiger partial charge in [-0.15, -0.1) is 12.4 Å². The largest absolute Gasteiger partial charge is 0.459 e. The van der Waals surface area contributed by atoms with Crippen LogP contribution in [0.4, 0.5) is 0 Å². The number of hydrogen-bond acceptors (Lipinski definition) is 4. The van der Waals surface area contributed by atoms with E-state index in [-0.39, 0.29) is 41.9 Å². The molecule has 6 nitrogen and oxygen atoms in total. The Hall–Kier alpha value is -1.53. The molecule has 0 spiro atoms. The van der Waals surface area contributed by atoms with Gasteiger partial charge >= 0.3 is 0 Å². The van der Waals surface area contributed by atoms with Crippen molar-refractivity contribution < 1.29 is 14.0 Å². The van der Waals surface area contributed by atoms with Gasteiger partial charge in [0.15, 0.2) is 5.76 Å². The highest BCUT2D eigenvalue weighted by Gasteiger charge is 2.28. The van der Waals surface area contributed by atoms with Crippen molar-refractivity contribution in [3.05, 3.63) is 24.2 Å². The van der Waals surface area contributed by atoms with Crippen molar-refractivity contribution in [3.63, 3.8) is 0 Å². The van der Waals surface area contributed by atoms with Crippen molar-refractivity contribution in [2.75, 3.05) is 6.54 Å². The molecule has 0 aromatic carbocycles. The van der Waals surface area contributed by atoms with Gasteiger partial charge in [-0.3, -0.25) is 9.59 Å². The summed E-state index contributed by atoms with van der Waals surface area (Å²) in [7, 11) is 0. The number of amides is 2. The number of carbonyl (C=O) groups excluding carboxylic acids is 2. The molecule has 1 saturated heterocycles.